The van der Waals surface area contributed by atoms with Gasteiger partial charge in [0.05, 0.1) is 5.92 Å². The quantitative estimate of drug-likeness (QED) is 0.854. The second kappa shape index (κ2) is 7.78. The van der Waals surface area contributed by atoms with Gasteiger partial charge in [-0.15, -0.1) is 0 Å². The normalized spacial score (nSPS) is 19.7. The highest BCUT2D eigenvalue weighted by Gasteiger charge is 2.40. The van der Waals surface area contributed by atoms with Crippen molar-refractivity contribution in [2.45, 2.75) is 46.6 Å². The van der Waals surface area contributed by atoms with E-state index in [1.165, 1.54) is 0 Å². The number of amides is 2. The maximum atomic E-state index is 13.1. The summed E-state index contributed by atoms with van der Waals surface area (Å²) in [6.07, 6.45) is 2.23. The third kappa shape index (κ3) is 4.26. The molecule has 1 fully saturated rings. The predicted molar refractivity (Wildman–Crippen MR) is 110 cm³/mol. The van der Waals surface area contributed by atoms with Gasteiger partial charge in [-0.05, 0) is 45.7 Å². The summed E-state index contributed by atoms with van der Waals surface area (Å²) in [4.78, 5) is 31.5. The summed E-state index contributed by atoms with van der Waals surface area (Å²) in [5.74, 6) is -0.193. The van der Waals surface area contributed by atoms with Crippen LogP contribution in [0.4, 0.5) is 10.5 Å². The Bertz CT molecular complexity index is 888. The average Bonchev–Trinajstić information content (AvgIpc) is 3.06. The Balaban J connectivity index is 1.77. The number of benzene rings is 1. The summed E-state index contributed by atoms with van der Waals surface area (Å²) in [5.41, 5.74) is 1.16. The van der Waals surface area contributed by atoms with E-state index < -0.39 is 5.60 Å². The fourth-order valence-corrected chi connectivity index (χ4v) is 3.75. The van der Waals surface area contributed by atoms with E-state index in [0.717, 1.165) is 28.6 Å². The molecule has 28 heavy (non-hydrogen) atoms. The number of ether oxygens (including phenoxy) is 1. The van der Waals surface area contributed by atoms with Crippen LogP contribution < -0.4 is 5.32 Å². The van der Waals surface area contributed by atoms with Gasteiger partial charge in [-0.2, -0.15) is 0 Å². The number of carbonyl (C=O) groups is 2. The van der Waals surface area contributed by atoms with Crippen molar-refractivity contribution in [1.82, 2.24) is 9.88 Å². The second-order valence-electron chi connectivity index (χ2n) is 8.45. The van der Waals surface area contributed by atoms with Crippen LogP contribution in [0, 0.1) is 18.8 Å². The molecule has 0 saturated carbocycles. The van der Waals surface area contributed by atoms with Gasteiger partial charge in [0.2, 0.25) is 5.91 Å². The van der Waals surface area contributed by atoms with Crippen molar-refractivity contribution in [2.75, 3.05) is 18.4 Å². The number of carbonyl (C=O) groups excluding carboxylic acids is 2. The van der Waals surface area contributed by atoms with Gasteiger partial charge in [0.25, 0.3) is 0 Å². The summed E-state index contributed by atoms with van der Waals surface area (Å²) in [6, 6.07) is 7.74. The molecule has 1 aliphatic heterocycles. The maximum Gasteiger partial charge on any atom is 0.410 e. The van der Waals surface area contributed by atoms with E-state index >= 15 is 0 Å². The molecule has 0 aliphatic carbocycles. The van der Waals surface area contributed by atoms with Crippen molar-refractivity contribution in [3.63, 3.8) is 0 Å². The largest absolute Gasteiger partial charge is 0.444 e. The standard InChI is InChI=1S/C22H29N3O3/c1-6-15-12-25(21(27)28-22(3,4)5)13-18(15)20(26)24-19-9-7-8-16-14(2)23-11-10-17(16)19/h7-11,15,18H,6,12-13H2,1-5H3,(H,24,26)/t15-,18-/m0/s1. The molecule has 1 aromatic heterocycles. The molecule has 2 aromatic rings. The smallest absolute Gasteiger partial charge is 0.410 e. The molecule has 2 heterocycles. The number of hydrogen-bond donors (Lipinski definition) is 1. The average molecular weight is 383 g/mol. The van der Waals surface area contributed by atoms with Crippen molar-refractivity contribution in [3.05, 3.63) is 36.2 Å². The van der Waals surface area contributed by atoms with E-state index in [1.54, 1.807) is 11.1 Å². The summed E-state index contributed by atoms with van der Waals surface area (Å²) >= 11 is 0. The lowest BCUT2D eigenvalue weighted by molar-refractivity contribution is -0.120. The first kappa shape index (κ1) is 20.1. The number of likely N-dealkylation sites (tertiary alicyclic amines) is 1. The zero-order valence-corrected chi connectivity index (χ0v) is 17.3. The van der Waals surface area contributed by atoms with Crippen LogP contribution in [0.15, 0.2) is 30.5 Å². The minimum atomic E-state index is -0.548. The Morgan fingerprint density at radius 1 is 1.21 bits per heavy atom. The number of fused-ring (bicyclic) bond motifs is 1. The minimum absolute atomic E-state index is 0.0557. The highest BCUT2D eigenvalue weighted by Crippen LogP contribution is 2.30. The number of aromatic nitrogens is 1. The van der Waals surface area contributed by atoms with Gasteiger partial charge < -0.3 is 15.0 Å². The van der Waals surface area contributed by atoms with E-state index in [9.17, 15) is 9.59 Å². The van der Waals surface area contributed by atoms with Gasteiger partial charge in [-0.25, -0.2) is 4.79 Å². The van der Waals surface area contributed by atoms with Crippen molar-refractivity contribution in [3.8, 4) is 0 Å². The van der Waals surface area contributed by atoms with E-state index in [-0.39, 0.29) is 23.8 Å². The van der Waals surface area contributed by atoms with Crippen molar-refractivity contribution < 1.29 is 14.3 Å². The number of aryl methyl sites for hydroxylation is 1. The summed E-state index contributed by atoms with van der Waals surface area (Å²) in [5, 5.41) is 5.07. The SMILES string of the molecule is CC[C@H]1CN(C(=O)OC(C)(C)C)C[C@@H]1C(=O)Nc1cccc2c(C)nccc12. The van der Waals surface area contributed by atoms with Crippen molar-refractivity contribution in [2.24, 2.45) is 11.8 Å². The van der Waals surface area contributed by atoms with Crippen LogP contribution in [-0.4, -0.2) is 40.6 Å². The molecule has 2 atom stereocenters. The van der Waals surface area contributed by atoms with Crippen LogP contribution in [0.5, 0.6) is 0 Å². The number of nitrogens with zero attached hydrogens (tertiary/aromatic N) is 2. The predicted octanol–water partition coefficient (Wildman–Crippen LogP) is 4.37. The molecule has 0 spiro atoms. The molecular weight excluding hydrogens is 354 g/mol. The number of nitrogens with one attached hydrogen (secondary N) is 1. The highest BCUT2D eigenvalue weighted by molar-refractivity contribution is 6.03. The zero-order valence-electron chi connectivity index (χ0n) is 17.3. The number of anilines is 1. The molecular formula is C22H29N3O3. The molecule has 1 aliphatic rings. The van der Waals surface area contributed by atoms with E-state index in [1.807, 2.05) is 52.0 Å². The van der Waals surface area contributed by atoms with Gasteiger partial charge in [0.1, 0.15) is 5.60 Å². The zero-order chi connectivity index (χ0) is 20.5. The molecule has 1 aromatic carbocycles. The third-order valence-electron chi connectivity index (χ3n) is 5.22. The van der Waals surface area contributed by atoms with E-state index in [0.29, 0.717) is 13.1 Å². The van der Waals surface area contributed by atoms with Crippen molar-refractivity contribution in [1.29, 1.82) is 0 Å². The molecule has 0 bridgehead atoms. The lowest BCUT2D eigenvalue weighted by Gasteiger charge is -2.24. The lowest BCUT2D eigenvalue weighted by Crippen LogP contribution is -2.36. The fourth-order valence-electron chi connectivity index (χ4n) is 3.75. The van der Waals surface area contributed by atoms with Crippen molar-refractivity contribution >= 4 is 28.5 Å². The van der Waals surface area contributed by atoms with Crippen LogP contribution in [0.3, 0.4) is 0 Å². The topological polar surface area (TPSA) is 71.5 Å². The monoisotopic (exact) mass is 383 g/mol. The van der Waals surface area contributed by atoms with Crippen LogP contribution in [0.1, 0.15) is 39.8 Å². The molecule has 1 saturated heterocycles. The number of pyridine rings is 1. The van der Waals surface area contributed by atoms with Crippen LogP contribution in [0.2, 0.25) is 0 Å². The number of rotatable bonds is 3. The van der Waals surface area contributed by atoms with Gasteiger partial charge in [0, 0.05) is 41.4 Å². The summed E-state index contributed by atoms with van der Waals surface area (Å²) < 4.78 is 5.48. The summed E-state index contributed by atoms with van der Waals surface area (Å²) in [6.45, 7) is 10.5. The first-order chi connectivity index (χ1) is 13.2. The Hall–Kier alpha value is -2.63. The second-order valence-corrected chi connectivity index (χ2v) is 8.45. The Labute approximate surface area is 166 Å². The van der Waals surface area contributed by atoms with E-state index in [4.69, 9.17) is 4.74 Å². The molecule has 3 rings (SSSR count). The lowest BCUT2D eigenvalue weighted by atomic mass is 9.93. The molecule has 150 valence electrons. The molecule has 0 unspecified atom stereocenters. The third-order valence-corrected chi connectivity index (χ3v) is 5.22. The minimum Gasteiger partial charge on any atom is -0.444 e. The van der Waals surface area contributed by atoms with Gasteiger partial charge in [0.15, 0.2) is 0 Å². The molecule has 6 nitrogen and oxygen atoms in total. The fraction of sp³-hybridized carbons (Fsp3) is 0.500. The van der Waals surface area contributed by atoms with Gasteiger partial charge in [-0.3, -0.25) is 9.78 Å². The molecule has 1 N–H and O–H groups in total. The van der Waals surface area contributed by atoms with E-state index in [2.05, 4.69) is 17.2 Å². The molecule has 6 heteroatoms. The molecule has 2 amide bonds. The Morgan fingerprint density at radius 3 is 2.64 bits per heavy atom. The Morgan fingerprint density at radius 2 is 1.96 bits per heavy atom. The van der Waals surface area contributed by atoms with Crippen LogP contribution in [-0.2, 0) is 9.53 Å². The highest BCUT2D eigenvalue weighted by atomic mass is 16.6. The summed E-state index contributed by atoms with van der Waals surface area (Å²) in [7, 11) is 0. The van der Waals surface area contributed by atoms with Gasteiger partial charge >= 0.3 is 6.09 Å². The Kier molecular flexibility index (Phi) is 5.59. The van der Waals surface area contributed by atoms with Gasteiger partial charge in [-0.1, -0.05) is 25.5 Å². The number of hydrogen-bond acceptors (Lipinski definition) is 4. The van der Waals surface area contributed by atoms with Crippen LogP contribution in [0.25, 0.3) is 10.8 Å². The first-order valence-corrected chi connectivity index (χ1v) is 9.82. The molecule has 0 radical (unpaired) electrons. The first-order valence-electron chi connectivity index (χ1n) is 9.82. The maximum absolute atomic E-state index is 13.1. The van der Waals surface area contributed by atoms with Crippen LogP contribution >= 0.6 is 0 Å².